The number of hydrogen-bond acceptors (Lipinski definition) is 3. The quantitative estimate of drug-likeness (QED) is 0.284. The Morgan fingerprint density at radius 1 is 1.33 bits per heavy atom. The van der Waals surface area contributed by atoms with Crippen molar-refractivity contribution in [2.75, 3.05) is 26.3 Å². The first-order chi connectivity index (χ1) is 8.08. The maximum absolute atomic E-state index is 10.2. The lowest BCUT2D eigenvalue weighted by atomic mass is 9.86. The minimum atomic E-state index is -0.790. The standard InChI is InChI=1S/C9H20B2I2NO2P2/c1-8(15,4-11-17-12)5-14(3)6-9(2,16)7-18(10)13/h15-17H,4-7H2,1-3H3. The molecule has 0 spiro atoms. The number of aliphatic hydroxyl groups is 2. The highest BCUT2D eigenvalue weighted by Crippen LogP contribution is 2.42. The van der Waals surface area contributed by atoms with Crippen molar-refractivity contribution in [3.8, 4) is 0 Å². The summed E-state index contributed by atoms with van der Waals surface area (Å²) in [5.74, 6) is 0. The first kappa shape index (κ1) is 20.3. The minimum absolute atomic E-state index is 0.523. The van der Waals surface area contributed by atoms with Crippen molar-refractivity contribution in [1.29, 1.82) is 0 Å². The molecule has 4 unspecified atom stereocenters. The van der Waals surface area contributed by atoms with Gasteiger partial charge in [0.2, 0.25) is 0 Å². The molecule has 0 saturated carbocycles. The van der Waals surface area contributed by atoms with Gasteiger partial charge in [-0.05, 0) is 33.4 Å². The van der Waals surface area contributed by atoms with Crippen molar-refractivity contribution < 1.29 is 10.2 Å². The number of likely N-dealkylation sites (N-methyl/N-ethyl adjacent to an activating group) is 1. The topological polar surface area (TPSA) is 43.7 Å². The highest BCUT2D eigenvalue weighted by atomic mass is 127. The molecule has 4 atom stereocenters. The molecule has 0 aliphatic carbocycles. The summed E-state index contributed by atoms with van der Waals surface area (Å²) in [7, 11) is 7.68. The molecule has 0 aliphatic rings. The molecule has 18 heavy (non-hydrogen) atoms. The van der Waals surface area contributed by atoms with Gasteiger partial charge in [0.15, 0.2) is 7.00 Å². The summed E-state index contributed by atoms with van der Waals surface area (Å²) in [5, 5.41) is 20.4. The van der Waals surface area contributed by atoms with Crippen molar-refractivity contribution >= 4 is 70.2 Å². The van der Waals surface area contributed by atoms with Gasteiger partial charge in [-0.2, -0.15) is 0 Å². The van der Waals surface area contributed by atoms with E-state index >= 15 is 0 Å². The van der Waals surface area contributed by atoms with Crippen LogP contribution in [-0.4, -0.2) is 67.2 Å². The molecule has 9 heteroatoms. The molecule has 0 aromatic rings. The van der Waals surface area contributed by atoms with Gasteiger partial charge in [-0.1, -0.05) is 55.6 Å². The largest absolute Gasteiger partial charge is 0.390 e. The van der Waals surface area contributed by atoms with Gasteiger partial charge in [0, 0.05) is 13.1 Å². The van der Waals surface area contributed by atoms with Gasteiger partial charge in [0.25, 0.3) is 0 Å². The Kier molecular flexibility index (Phi) is 10.6. The summed E-state index contributed by atoms with van der Waals surface area (Å²) in [4.78, 5) is 1.97. The van der Waals surface area contributed by atoms with Gasteiger partial charge >= 0.3 is 0 Å². The van der Waals surface area contributed by atoms with Gasteiger partial charge in [0.1, 0.15) is 7.57 Å². The van der Waals surface area contributed by atoms with Crippen molar-refractivity contribution in [3.63, 3.8) is 0 Å². The second-order valence-corrected chi connectivity index (χ2v) is 12.6. The van der Waals surface area contributed by atoms with E-state index in [-0.39, 0.29) is 0 Å². The maximum Gasteiger partial charge on any atom is 0.159 e. The van der Waals surface area contributed by atoms with Crippen LogP contribution in [0.1, 0.15) is 13.8 Å². The second kappa shape index (κ2) is 9.37. The molecule has 0 aliphatic heterocycles. The second-order valence-electron chi connectivity index (χ2n) is 5.24. The molecule has 0 fully saturated rings. The average Bonchev–Trinajstić information content (AvgIpc) is 2.09. The van der Waals surface area contributed by atoms with Crippen molar-refractivity contribution in [3.05, 3.63) is 0 Å². The third-order valence-electron chi connectivity index (χ3n) is 2.33. The molecule has 3 nitrogen and oxygen atoms in total. The summed E-state index contributed by atoms with van der Waals surface area (Å²) >= 11 is 4.46. The van der Waals surface area contributed by atoms with Gasteiger partial charge in [-0.25, -0.2) is 0 Å². The molecule has 3 radical (unpaired) electrons. The summed E-state index contributed by atoms with van der Waals surface area (Å²) in [6, 6.07) is 0. The van der Waals surface area contributed by atoms with E-state index in [0.29, 0.717) is 31.7 Å². The smallest absolute Gasteiger partial charge is 0.159 e. The first-order valence-corrected chi connectivity index (χ1v) is 14.1. The van der Waals surface area contributed by atoms with E-state index in [0.717, 1.165) is 0 Å². The Labute approximate surface area is 142 Å². The molecule has 0 rings (SSSR count). The highest BCUT2D eigenvalue weighted by molar-refractivity contribution is 14.2. The number of hydrogen-bond donors (Lipinski definition) is 2. The Bertz CT molecular complexity index is 249. The van der Waals surface area contributed by atoms with E-state index < -0.39 is 16.6 Å². The van der Waals surface area contributed by atoms with E-state index in [2.05, 4.69) is 51.1 Å². The van der Waals surface area contributed by atoms with Crippen LogP contribution in [0.25, 0.3) is 0 Å². The highest BCUT2D eigenvalue weighted by Gasteiger charge is 2.28. The van der Waals surface area contributed by atoms with Crippen LogP contribution >= 0.6 is 55.6 Å². The molecule has 0 saturated heterocycles. The number of halogens is 2. The van der Waals surface area contributed by atoms with Crippen LogP contribution in [0.4, 0.5) is 0 Å². The SMILES string of the molecule is [B]P(I)CC(C)(O)CN(C)CC(C)(O)C[B]PI. The van der Waals surface area contributed by atoms with Crippen LogP contribution in [0.5, 0.6) is 0 Å². The third kappa shape index (κ3) is 11.0. The number of nitrogens with zero attached hydrogens (tertiary/aromatic N) is 1. The number of rotatable bonds is 9. The van der Waals surface area contributed by atoms with Crippen molar-refractivity contribution in [2.45, 2.75) is 31.4 Å². The summed E-state index contributed by atoms with van der Waals surface area (Å²) in [5.41, 5.74) is -2.16. The Morgan fingerprint density at radius 3 is 2.28 bits per heavy atom. The average molecular weight is 512 g/mol. The van der Waals surface area contributed by atoms with Crippen LogP contribution in [0.15, 0.2) is 0 Å². The monoisotopic (exact) mass is 512 g/mol. The first-order valence-electron chi connectivity index (χ1n) is 5.57. The third-order valence-corrected chi connectivity index (χ3v) is 6.02. The van der Waals surface area contributed by atoms with Crippen molar-refractivity contribution in [2.24, 2.45) is 0 Å². The molecule has 2 N–H and O–H groups in total. The lowest BCUT2D eigenvalue weighted by molar-refractivity contribution is 0.00474. The molecular formula is C9H20B2I2NO2P2. The van der Waals surface area contributed by atoms with Gasteiger partial charge < -0.3 is 15.1 Å². The Morgan fingerprint density at radius 2 is 1.83 bits per heavy atom. The zero-order chi connectivity index (χ0) is 14.4. The van der Waals surface area contributed by atoms with E-state index in [9.17, 15) is 10.2 Å². The molecule has 0 bridgehead atoms. The zero-order valence-corrected chi connectivity index (χ0v) is 17.2. The fourth-order valence-electron chi connectivity index (χ4n) is 1.92. The molecule has 0 amide bonds. The molecule has 103 valence electrons. The lowest BCUT2D eigenvalue weighted by Gasteiger charge is -2.34. The Hall–Kier alpha value is 2.33. The summed E-state index contributed by atoms with van der Waals surface area (Å²) in [6.07, 6.45) is 2.00. The normalized spacial score (nSPS) is 20.9. The molecule has 0 heterocycles. The fourth-order valence-corrected chi connectivity index (χ4v) is 6.05. The van der Waals surface area contributed by atoms with E-state index in [4.69, 9.17) is 7.57 Å². The van der Waals surface area contributed by atoms with Gasteiger partial charge in [0.05, 0.1) is 11.2 Å². The van der Waals surface area contributed by atoms with Crippen LogP contribution < -0.4 is 0 Å². The molecular weight excluding hydrogens is 491 g/mol. The predicted molar refractivity (Wildman–Crippen MR) is 103 cm³/mol. The van der Waals surface area contributed by atoms with Gasteiger partial charge in [-0.15, -0.1) is 0 Å². The molecule has 0 aromatic heterocycles. The maximum atomic E-state index is 10.2. The van der Waals surface area contributed by atoms with E-state index in [1.54, 1.807) is 6.92 Å². The van der Waals surface area contributed by atoms with Crippen LogP contribution in [0.3, 0.4) is 0 Å². The fraction of sp³-hybridized carbons (Fsp3) is 1.00. The van der Waals surface area contributed by atoms with Crippen LogP contribution in [0.2, 0.25) is 6.32 Å². The minimum Gasteiger partial charge on any atom is -0.390 e. The summed E-state index contributed by atoms with van der Waals surface area (Å²) < 4.78 is 0. The predicted octanol–water partition coefficient (Wildman–Crippen LogP) is 2.40. The van der Waals surface area contributed by atoms with Gasteiger partial charge in [-0.3, -0.25) is 0 Å². The van der Waals surface area contributed by atoms with E-state index in [1.165, 1.54) is 0 Å². The lowest BCUT2D eigenvalue weighted by Crippen LogP contribution is -2.47. The molecule has 0 aromatic carbocycles. The van der Waals surface area contributed by atoms with E-state index in [1.807, 2.05) is 18.9 Å². The Balaban J connectivity index is 4.20. The summed E-state index contributed by atoms with van der Waals surface area (Å²) in [6.45, 7) is 6.80. The van der Waals surface area contributed by atoms with Crippen LogP contribution in [-0.2, 0) is 0 Å². The van der Waals surface area contributed by atoms with Crippen molar-refractivity contribution in [1.82, 2.24) is 4.90 Å². The van der Waals surface area contributed by atoms with Crippen LogP contribution in [0, 0.1) is 0 Å². The zero-order valence-electron chi connectivity index (χ0n) is 11.0.